The van der Waals surface area contributed by atoms with Gasteiger partial charge in [0.05, 0.1) is 23.1 Å². The van der Waals surface area contributed by atoms with Crippen molar-refractivity contribution >= 4 is 51.7 Å². The molecule has 3 aromatic rings. The van der Waals surface area contributed by atoms with Crippen LogP contribution in [0.15, 0.2) is 58.4 Å². The molecule has 2 aliphatic rings. The van der Waals surface area contributed by atoms with Crippen molar-refractivity contribution in [2.75, 3.05) is 18.5 Å². The van der Waals surface area contributed by atoms with Crippen molar-refractivity contribution in [1.29, 1.82) is 0 Å². The average Bonchev–Trinajstić information content (AvgIpc) is 3.45. The van der Waals surface area contributed by atoms with Gasteiger partial charge in [0, 0.05) is 19.3 Å². The van der Waals surface area contributed by atoms with Gasteiger partial charge >= 0.3 is 0 Å². The quantitative estimate of drug-likeness (QED) is 0.412. The molecule has 1 atom stereocenters. The van der Waals surface area contributed by atoms with E-state index >= 15 is 0 Å². The third-order valence-electron chi connectivity index (χ3n) is 5.95. The van der Waals surface area contributed by atoms with Crippen LogP contribution in [0.4, 0.5) is 5.82 Å². The molecule has 2 fully saturated rings. The molecule has 1 amide bonds. The van der Waals surface area contributed by atoms with Crippen LogP contribution in [0, 0.1) is 6.92 Å². The highest BCUT2D eigenvalue weighted by Crippen LogP contribution is 2.34. The smallest absolute Gasteiger partial charge is 0.267 e. The van der Waals surface area contributed by atoms with Crippen LogP contribution in [0.25, 0.3) is 11.7 Å². The number of aryl methyl sites for hydroxylation is 1. The Hall–Kier alpha value is -3.01. The van der Waals surface area contributed by atoms with Crippen molar-refractivity contribution in [1.82, 2.24) is 14.3 Å². The molecule has 1 unspecified atom stereocenters. The molecule has 7 nitrogen and oxygen atoms in total. The summed E-state index contributed by atoms with van der Waals surface area (Å²) in [6.45, 7) is 3.56. The number of rotatable bonds is 6. The van der Waals surface area contributed by atoms with Crippen LogP contribution in [-0.2, 0) is 16.1 Å². The molecule has 4 heterocycles. The van der Waals surface area contributed by atoms with Crippen LogP contribution in [0.3, 0.4) is 0 Å². The van der Waals surface area contributed by atoms with E-state index in [9.17, 15) is 9.59 Å². The van der Waals surface area contributed by atoms with Gasteiger partial charge in [0.2, 0.25) is 0 Å². The number of pyridine rings is 1. The van der Waals surface area contributed by atoms with Gasteiger partial charge in [0.25, 0.3) is 11.5 Å². The number of nitrogens with zero attached hydrogens (tertiary/aromatic N) is 3. The SMILES string of the molecule is Cc1cccn2c(=O)c(/C=C3\SC(=S)N(CC4CCCO4)C3=O)c(NCc3ccccc3)nc12. The van der Waals surface area contributed by atoms with E-state index < -0.39 is 0 Å². The Morgan fingerprint density at radius 3 is 2.82 bits per heavy atom. The van der Waals surface area contributed by atoms with Gasteiger partial charge in [-0.25, -0.2) is 4.98 Å². The predicted octanol–water partition coefficient (Wildman–Crippen LogP) is 4.00. The van der Waals surface area contributed by atoms with Crippen molar-refractivity contribution in [2.24, 2.45) is 0 Å². The zero-order chi connectivity index (χ0) is 23.7. The number of hydrogen-bond acceptors (Lipinski definition) is 7. The molecule has 2 aliphatic heterocycles. The maximum absolute atomic E-state index is 13.5. The van der Waals surface area contributed by atoms with Crippen molar-refractivity contribution in [2.45, 2.75) is 32.4 Å². The minimum absolute atomic E-state index is 0.000820. The summed E-state index contributed by atoms with van der Waals surface area (Å²) in [5.74, 6) is 0.237. The molecule has 0 spiro atoms. The summed E-state index contributed by atoms with van der Waals surface area (Å²) in [6.07, 6.45) is 5.22. The van der Waals surface area contributed by atoms with Gasteiger partial charge in [-0.2, -0.15) is 0 Å². The largest absolute Gasteiger partial charge is 0.376 e. The number of anilines is 1. The normalized spacial score (nSPS) is 19.5. The molecular weight excluding hydrogens is 468 g/mol. The van der Waals surface area contributed by atoms with E-state index in [1.807, 2.05) is 49.4 Å². The number of thioether (sulfide) groups is 1. The van der Waals surface area contributed by atoms with Gasteiger partial charge in [-0.1, -0.05) is 60.4 Å². The highest BCUT2D eigenvalue weighted by atomic mass is 32.2. The first-order valence-corrected chi connectivity index (χ1v) is 12.4. The lowest BCUT2D eigenvalue weighted by Crippen LogP contribution is -2.35. The topological polar surface area (TPSA) is 75.9 Å². The second kappa shape index (κ2) is 9.69. The number of carbonyl (C=O) groups excluding carboxylic acids is 1. The van der Waals surface area contributed by atoms with Gasteiger partial charge in [0.1, 0.15) is 15.8 Å². The monoisotopic (exact) mass is 492 g/mol. The number of fused-ring (bicyclic) bond motifs is 1. The van der Waals surface area contributed by atoms with Crippen molar-refractivity contribution < 1.29 is 9.53 Å². The number of benzene rings is 1. The molecule has 2 saturated heterocycles. The van der Waals surface area contributed by atoms with Gasteiger partial charge < -0.3 is 10.1 Å². The van der Waals surface area contributed by atoms with Crippen LogP contribution >= 0.6 is 24.0 Å². The van der Waals surface area contributed by atoms with Crippen LogP contribution in [0.2, 0.25) is 0 Å². The van der Waals surface area contributed by atoms with Crippen LogP contribution in [0.5, 0.6) is 0 Å². The van der Waals surface area contributed by atoms with Crippen LogP contribution < -0.4 is 10.9 Å². The standard InChI is InChI=1S/C25H24N4O3S2/c1-16-7-5-11-28-22(16)27-21(26-14-17-8-3-2-4-9-17)19(23(28)30)13-20-24(31)29(25(33)34-20)15-18-10-6-12-32-18/h2-5,7-9,11,13,18,26H,6,10,12,14-15H2,1H3/b20-13-. The molecule has 34 heavy (non-hydrogen) atoms. The summed E-state index contributed by atoms with van der Waals surface area (Å²) in [7, 11) is 0. The zero-order valence-corrected chi connectivity index (χ0v) is 20.3. The highest BCUT2D eigenvalue weighted by Gasteiger charge is 2.35. The number of nitrogens with one attached hydrogen (secondary N) is 1. The Bertz CT molecular complexity index is 1350. The number of aromatic nitrogens is 2. The third kappa shape index (κ3) is 4.51. The summed E-state index contributed by atoms with van der Waals surface area (Å²) >= 11 is 6.69. The Kier molecular flexibility index (Phi) is 6.49. The van der Waals surface area contributed by atoms with E-state index in [1.165, 1.54) is 16.2 Å². The molecule has 0 saturated carbocycles. The highest BCUT2D eigenvalue weighted by molar-refractivity contribution is 8.26. The van der Waals surface area contributed by atoms with Gasteiger partial charge in [0.15, 0.2) is 0 Å². The fourth-order valence-electron chi connectivity index (χ4n) is 4.14. The van der Waals surface area contributed by atoms with E-state index in [-0.39, 0.29) is 17.6 Å². The number of thiocarbonyl (C=S) groups is 1. The summed E-state index contributed by atoms with van der Waals surface area (Å²) in [5, 5.41) is 3.30. The molecule has 1 aromatic carbocycles. The van der Waals surface area contributed by atoms with Crippen molar-refractivity contribution in [3.8, 4) is 0 Å². The van der Waals surface area contributed by atoms with E-state index in [4.69, 9.17) is 21.9 Å². The van der Waals surface area contributed by atoms with Gasteiger partial charge in [-0.05, 0) is 43.0 Å². The van der Waals surface area contributed by atoms with Gasteiger partial charge in [-0.3, -0.25) is 18.9 Å². The maximum atomic E-state index is 13.5. The third-order valence-corrected chi connectivity index (χ3v) is 7.32. The minimum atomic E-state index is -0.242. The minimum Gasteiger partial charge on any atom is -0.376 e. The first-order valence-electron chi connectivity index (χ1n) is 11.2. The number of ether oxygens (including phenoxy) is 1. The summed E-state index contributed by atoms with van der Waals surface area (Å²) in [6, 6.07) is 13.6. The van der Waals surface area contributed by atoms with Crippen molar-refractivity contribution in [3.63, 3.8) is 0 Å². The van der Waals surface area contributed by atoms with Crippen LogP contribution in [0.1, 0.15) is 29.5 Å². The predicted molar refractivity (Wildman–Crippen MR) is 139 cm³/mol. The fraction of sp³-hybridized carbons (Fsp3) is 0.280. The fourth-order valence-corrected chi connectivity index (χ4v) is 5.40. The number of amides is 1. The molecule has 0 bridgehead atoms. The Balaban J connectivity index is 1.53. The molecule has 1 N–H and O–H groups in total. The molecule has 5 rings (SSSR count). The first-order chi connectivity index (χ1) is 16.5. The average molecular weight is 493 g/mol. The Morgan fingerprint density at radius 1 is 1.24 bits per heavy atom. The summed E-state index contributed by atoms with van der Waals surface area (Å²) < 4.78 is 7.68. The summed E-state index contributed by atoms with van der Waals surface area (Å²) in [4.78, 5) is 33.4. The van der Waals surface area contributed by atoms with E-state index in [0.29, 0.717) is 46.0 Å². The second-order valence-corrected chi connectivity index (χ2v) is 10.0. The number of hydrogen-bond donors (Lipinski definition) is 1. The van der Waals surface area contributed by atoms with Crippen molar-refractivity contribution in [3.05, 3.63) is 80.6 Å². The summed E-state index contributed by atoms with van der Waals surface area (Å²) in [5.41, 5.74) is 2.61. The first kappa shape index (κ1) is 22.8. The maximum Gasteiger partial charge on any atom is 0.267 e. The van der Waals surface area contributed by atoms with E-state index in [1.54, 1.807) is 17.2 Å². The zero-order valence-electron chi connectivity index (χ0n) is 18.7. The Labute approximate surface area is 206 Å². The van der Waals surface area contributed by atoms with E-state index in [0.717, 1.165) is 24.0 Å². The lowest BCUT2D eigenvalue weighted by molar-refractivity contribution is -0.123. The second-order valence-electron chi connectivity index (χ2n) is 8.33. The molecule has 0 radical (unpaired) electrons. The molecule has 174 valence electrons. The molecule has 2 aromatic heterocycles. The van der Waals surface area contributed by atoms with Crippen LogP contribution in [-0.4, -0.2) is 43.8 Å². The molecular formula is C25H24N4O3S2. The lowest BCUT2D eigenvalue weighted by atomic mass is 10.2. The van der Waals surface area contributed by atoms with E-state index in [2.05, 4.69) is 5.32 Å². The lowest BCUT2D eigenvalue weighted by Gasteiger charge is -2.18. The Morgan fingerprint density at radius 2 is 2.06 bits per heavy atom. The van der Waals surface area contributed by atoms with Gasteiger partial charge in [-0.15, -0.1) is 0 Å². The molecule has 0 aliphatic carbocycles. The number of carbonyl (C=O) groups is 1. The molecule has 9 heteroatoms.